The molecule has 0 spiro atoms. The molecule has 6 nitrogen and oxygen atoms in total. The van der Waals surface area contributed by atoms with Gasteiger partial charge in [0.25, 0.3) is 0 Å². The van der Waals surface area contributed by atoms with Crippen LogP contribution < -0.4 is 0 Å². The molecule has 0 aromatic carbocycles. The van der Waals surface area contributed by atoms with Crippen molar-refractivity contribution >= 4 is 33.9 Å². The fraction of sp³-hybridized carbons (Fsp3) is 0.500. The van der Waals surface area contributed by atoms with Crippen LogP contribution in [0.25, 0.3) is 16.6 Å². The Kier molecular flexibility index (Phi) is 5.72. The van der Waals surface area contributed by atoms with E-state index in [1.165, 1.54) is 6.20 Å². The molecule has 0 amide bonds. The van der Waals surface area contributed by atoms with Crippen LogP contribution in [0.4, 0.5) is 0 Å². The van der Waals surface area contributed by atoms with Crippen molar-refractivity contribution in [3.8, 4) is 5.75 Å². The van der Waals surface area contributed by atoms with Crippen molar-refractivity contribution in [2.75, 3.05) is 11.5 Å². The fourth-order valence-corrected chi connectivity index (χ4v) is 5.62. The summed E-state index contributed by atoms with van der Waals surface area (Å²) < 4.78 is 24.3. The molecule has 2 heterocycles. The monoisotopic (exact) mass is 375 g/mol. The van der Waals surface area contributed by atoms with Gasteiger partial charge in [-0.2, -0.15) is 0 Å². The van der Waals surface area contributed by atoms with E-state index in [4.69, 9.17) is 0 Å². The molecule has 3 rings (SSSR count). The number of aromatic hydroxyl groups is 1. The van der Waals surface area contributed by atoms with Crippen LogP contribution in [0.3, 0.4) is 0 Å². The molecule has 0 atom stereocenters. The van der Waals surface area contributed by atoms with Gasteiger partial charge in [0, 0.05) is 17.1 Å². The lowest BCUT2D eigenvalue weighted by atomic mass is 9.68. The van der Waals surface area contributed by atoms with E-state index in [0.29, 0.717) is 17.6 Å². The number of hydrogen-bond acceptors (Lipinski definition) is 5. The number of pyridine rings is 1. The van der Waals surface area contributed by atoms with Gasteiger partial charge < -0.3 is 15.1 Å². The van der Waals surface area contributed by atoms with Crippen molar-refractivity contribution in [3.05, 3.63) is 30.0 Å². The molecule has 139 valence electrons. The lowest BCUT2D eigenvalue weighted by molar-refractivity contribution is 0.273. The number of H-pyrrole nitrogens is 1. The highest BCUT2D eigenvalue weighted by molar-refractivity contribution is 7.91. The predicted molar refractivity (Wildman–Crippen MR) is 103 cm³/mol. The van der Waals surface area contributed by atoms with Crippen molar-refractivity contribution in [2.24, 2.45) is 11.8 Å². The van der Waals surface area contributed by atoms with Crippen LogP contribution in [-0.4, -0.2) is 47.5 Å². The van der Waals surface area contributed by atoms with E-state index >= 15 is 0 Å². The summed E-state index contributed by atoms with van der Waals surface area (Å²) in [6.07, 6.45) is 6.20. The summed E-state index contributed by atoms with van der Waals surface area (Å²) in [6, 6.07) is 1.84. The maximum Gasteiger partial charge on any atom is 0.318 e. The average Bonchev–Trinajstić information content (AvgIpc) is 3.03. The molecule has 0 saturated heterocycles. The molecular weight excluding hydrogens is 351 g/mol. The van der Waals surface area contributed by atoms with Gasteiger partial charge in [-0.3, -0.25) is 0 Å². The highest BCUT2D eigenvalue weighted by Crippen LogP contribution is 2.46. The Morgan fingerprint density at radius 2 is 2.23 bits per heavy atom. The number of nitrogens with one attached hydrogen (secondary N) is 1. The Labute approximate surface area is 154 Å². The van der Waals surface area contributed by atoms with Crippen LogP contribution in [0, 0.1) is 11.8 Å². The summed E-state index contributed by atoms with van der Waals surface area (Å²) in [7, 11) is -2.03. The first-order valence-corrected chi connectivity index (χ1v) is 10.8. The number of allylic oxidation sites excluding steroid dienone is 1. The molecule has 8 heteroatoms. The quantitative estimate of drug-likeness (QED) is 0.615. The summed E-state index contributed by atoms with van der Waals surface area (Å²) in [5, 5.41) is 20.4. The van der Waals surface area contributed by atoms with Crippen LogP contribution in [0.5, 0.6) is 5.75 Å². The number of sulfone groups is 1. The second kappa shape index (κ2) is 7.84. The van der Waals surface area contributed by atoms with Gasteiger partial charge in [0.1, 0.15) is 11.4 Å². The van der Waals surface area contributed by atoms with Gasteiger partial charge in [0.15, 0.2) is 9.84 Å². The minimum atomic E-state index is -3.00. The first kappa shape index (κ1) is 19.0. The number of fused-ring (bicyclic) bond motifs is 1. The Morgan fingerprint density at radius 3 is 2.92 bits per heavy atom. The molecule has 1 radical (unpaired) electrons. The number of aromatic amines is 1. The van der Waals surface area contributed by atoms with Crippen LogP contribution in [0.15, 0.2) is 24.4 Å². The molecule has 0 aliphatic heterocycles. The molecule has 1 aliphatic rings. The van der Waals surface area contributed by atoms with Crippen LogP contribution in [0.1, 0.15) is 38.2 Å². The van der Waals surface area contributed by atoms with Crippen LogP contribution >= 0.6 is 0 Å². The largest absolute Gasteiger partial charge is 0.506 e. The van der Waals surface area contributed by atoms with E-state index in [0.717, 1.165) is 37.7 Å². The van der Waals surface area contributed by atoms with E-state index in [-0.39, 0.29) is 29.1 Å². The predicted octanol–water partition coefficient (Wildman–Crippen LogP) is 2.46. The smallest absolute Gasteiger partial charge is 0.318 e. The SMILES string of the molecule is CCCCS(=O)(=O)CC1CC(/C(=C/[B]O)c2c(O)cnc3[nH]ccc23)C1. The zero-order valence-corrected chi connectivity index (χ0v) is 15.7. The van der Waals surface area contributed by atoms with Crippen molar-refractivity contribution in [3.63, 3.8) is 0 Å². The molecule has 0 unspecified atom stereocenters. The minimum absolute atomic E-state index is 0.0595. The van der Waals surface area contributed by atoms with Gasteiger partial charge in [0.05, 0.1) is 17.7 Å². The summed E-state index contributed by atoms with van der Waals surface area (Å²) in [5.41, 5.74) is 2.14. The third kappa shape index (κ3) is 3.96. The van der Waals surface area contributed by atoms with E-state index in [1.807, 2.05) is 13.0 Å². The third-order valence-electron chi connectivity index (χ3n) is 5.08. The zero-order valence-electron chi connectivity index (χ0n) is 14.9. The van der Waals surface area contributed by atoms with E-state index < -0.39 is 9.84 Å². The lowest BCUT2D eigenvalue weighted by Crippen LogP contribution is -2.31. The first-order valence-electron chi connectivity index (χ1n) is 8.98. The Balaban J connectivity index is 1.76. The number of nitrogens with zero attached hydrogens (tertiary/aromatic N) is 1. The summed E-state index contributed by atoms with van der Waals surface area (Å²) in [6.45, 7) is 1.99. The van der Waals surface area contributed by atoms with Gasteiger partial charge in [-0.05, 0) is 42.7 Å². The van der Waals surface area contributed by atoms with Crippen molar-refractivity contribution in [1.82, 2.24) is 9.97 Å². The maximum atomic E-state index is 12.1. The van der Waals surface area contributed by atoms with E-state index in [1.54, 1.807) is 12.2 Å². The summed E-state index contributed by atoms with van der Waals surface area (Å²) in [5.74, 6) is 2.37. The van der Waals surface area contributed by atoms with Crippen molar-refractivity contribution < 1.29 is 18.5 Å². The Morgan fingerprint density at radius 1 is 1.46 bits per heavy atom. The van der Waals surface area contributed by atoms with Gasteiger partial charge in [0.2, 0.25) is 0 Å². The molecule has 2 aromatic rings. The molecular formula is C18H24BN2O4S. The molecule has 0 bridgehead atoms. The topological polar surface area (TPSA) is 103 Å². The highest BCUT2D eigenvalue weighted by Gasteiger charge is 2.36. The summed E-state index contributed by atoms with van der Waals surface area (Å²) in [4.78, 5) is 7.17. The second-order valence-electron chi connectivity index (χ2n) is 7.03. The van der Waals surface area contributed by atoms with Crippen LogP contribution in [-0.2, 0) is 9.84 Å². The zero-order chi connectivity index (χ0) is 18.7. The van der Waals surface area contributed by atoms with Crippen molar-refractivity contribution in [2.45, 2.75) is 32.6 Å². The molecule has 26 heavy (non-hydrogen) atoms. The normalized spacial score (nSPS) is 20.9. The average molecular weight is 375 g/mol. The molecule has 1 aliphatic carbocycles. The molecule has 1 fully saturated rings. The summed E-state index contributed by atoms with van der Waals surface area (Å²) >= 11 is 0. The first-order chi connectivity index (χ1) is 12.4. The van der Waals surface area contributed by atoms with Gasteiger partial charge >= 0.3 is 7.48 Å². The van der Waals surface area contributed by atoms with E-state index in [9.17, 15) is 18.5 Å². The molecule has 2 aromatic heterocycles. The number of rotatable bonds is 8. The second-order valence-corrected chi connectivity index (χ2v) is 9.26. The van der Waals surface area contributed by atoms with E-state index in [2.05, 4.69) is 9.97 Å². The molecule has 3 N–H and O–H groups in total. The number of aromatic nitrogens is 2. The maximum absolute atomic E-state index is 12.1. The third-order valence-corrected chi connectivity index (χ3v) is 6.97. The van der Waals surface area contributed by atoms with Gasteiger partial charge in [-0.15, -0.1) is 0 Å². The number of hydrogen-bond donors (Lipinski definition) is 3. The fourth-order valence-electron chi connectivity index (χ4n) is 3.74. The lowest BCUT2D eigenvalue weighted by Gasteiger charge is -2.37. The van der Waals surface area contributed by atoms with Gasteiger partial charge in [-0.1, -0.05) is 19.3 Å². The van der Waals surface area contributed by atoms with Crippen molar-refractivity contribution in [1.29, 1.82) is 0 Å². The minimum Gasteiger partial charge on any atom is -0.506 e. The number of unbranched alkanes of at least 4 members (excludes halogenated alkanes) is 1. The Bertz CT molecular complexity index is 901. The van der Waals surface area contributed by atoms with Gasteiger partial charge in [-0.25, -0.2) is 13.4 Å². The van der Waals surface area contributed by atoms with Crippen LogP contribution in [0.2, 0.25) is 0 Å². The standard InChI is InChI=1S/C18H24BN2O4S/c1-2-3-6-26(24,25)11-12-7-13(8-12)15(9-19-23)17-14-4-5-20-18(14)21-10-16(17)22/h4-5,9-10,12-13,22-23H,2-3,6-8,11H2,1H3,(H,20,21)/b15-9-. The highest BCUT2D eigenvalue weighted by atomic mass is 32.2. The Hall–Kier alpha value is -1.80. The molecule has 1 saturated carbocycles.